The number of fused-ring (bicyclic) bond motifs is 1. The monoisotopic (exact) mass is 427 g/mol. The average molecular weight is 428 g/mol. The first-order chi connectivity index (χ1) is 14.4. The fourth-order valence-electron chi connectivity index (χ4n) is 3.68. The number of urea groups is 1. The van der Waals surface area contributed by atoms with Gasteiger partial charge in [-0.1, -0.05) is 23.7 Å². The Morgan fingerprint density at radius 1 is 1.23 bits per heavy atom. The molecule has 3 amide bonds. The van der Waals surface area contributed by atoms with Crippen molar-refractivity contribution in [2.24, 2.45) is 0 Å². The van der Waals surface area contributed by atoms with E-state index in [0.29, 0.717) is 21.7 Å². The number of ether oxygens (including phenoxy) is 1. The summed E-state index contributed by atoms with van der Waals surface area (Å²) in [6.07, 6.45) is 0.0773. The van der Waals surface area contributed by atoms with E-state index in [0.717, 1.165) is 10.5 Å². The van der Waals surface area contributed by atoms with Gasteiger partial charge in [0.05, 0.1) is 18.3 Å². The molecule has 3 aromatic rings. The molecule has 0 spiro atoms. The van der Waals surface area contributed by atoms with Gasteiger partial charge in [0.2, 0.25) is 5.91 Å². The van der Waals surface area contributed by atoms with E-state index in [2.05, 4.69) is 5.32 Å². The number of nitrogens with one attached hydrogen (secondary N) is 1. The molecule has 8 nitrogen and oxygen atoms in total. The van der Waals surface area contributed by atoms with Crippen LogP contribution in [0.1, 0.15) is 22.5 Å². The van der Waals surface area contributed by atoms with Gasteiger partial charge >= 0.3 is 12.0 Å². The highest BCUT2D eigenvalue weighted by Crippen LogP contribution is 2.37. The average Bonchev–Trinajstić information content (AvgIpc) is 3.01. The molecule has 0 unspecified atom stereocenters. The number of halogens is 1. The Hall–Kier alpha value is -3.52. The lowest BCUT2D eigenvalue weighted by Gasteiger charge is -2.26. The zero-order valence-corrected chi connectivity index (χ0v) is 16.8. The van der Waals surface area contributed by atoms with E-state index in [4.69, 9.17) is 16.3 Å². The van der Waals surface area contributed by atoms with Crippen LogP contribution in [0.3, 0.4) is 0 Å². The van der Waals surface area contributed by atoms with Crippen LogP contribution in [-0.4, -0.2) is 41.2 Å². The molecule has 1 saturated heterocycles. The summed E-state index contributed by atoms with van der Waals surface area (Å²) in [6, 6.07) is 11.5. The molecular formula is C21H18ClN3O5. The molecule has 2 heterocycles. The number of hydrogen-bond acceptors (Lipinski definition) is 4. The highest BCUT2D eigenvalue weighted by molar-refractivity contribution is 6.32. The fraction of sp³-hybridized carbons (Fsp3) is 0.190. The van der Waals surface area contributed by atoms with E-state index in [1.54, 1.807) is 48.1 Å². The van der Waals surface area contributed by atoms with Crippen LogP contribution < -0.4 is 15.0 Å². The molecule has 2 N–H and O–H groups in total. The van der Waals surface area contributed by atoms with Crippen molar-refractivity contribution in [3.63, 3.8) is 0 Å². The predicted molar refractivity (Wildman–Crippen MR) is 112 cm³/mol. The van der Waals surface area contributed by atoms with Crippen molar-refractivity contribution in [2.45, 2.75) is 13.0 Å². The molecule has 0 atom stereocenters. The predicted octanol–water partition coefficient (Wildman–Crippen LogP) is 3.50. The third kappa shape index (κ3) is 3.35. The van der Waals surface area contributed by atoms with Crippen molar-refractivity contribution in [1.82, 2.24) is 9.88 Å². The van der Waals surface area contributed by atoms with Gasteiger partial charge in [-0.3, -0.25) is 4.79 Å². The summed E-state index contributed by atoms with van der Waals surface area (Å²) in [5.41, 5.74) is 1.19. The minimum absolute atomic E-state index is 0.0186. The second kappa shape index (κ2) is 7.72. The summed E-state index contributed by atoms with van der Waals surface area (Å²) in [7, 11) is 1.55. The fourth-order valence-corrected chi connectivity index (χ4v) is 3.85. The van der Waals surface area contributed by atoms with Gasteiger partial charge in [0.25, 0.3) is 0 Å². The van der Waals surface area contributed by atoms with E-state index in [9.17, 15) is 19.5 Å². The van der Waals surface area contributed by atoms with Crippen molar-refractivity contribution >= 4 is 46.1 Å². The molecule has 2 aromatic carbocycles. The minimum atomic E-state index is -1.26. The van der Waals surface area contributed by atoms with Gasteiger partial charge in [0.1, 0.15) is 5.75 Å². The molecule has 4 rings (SSSR count). The number of aromatic carboxylic acids is 1. The van der Waals surface area contributed by atoms with Gasteiger partial charge < -0.3 is 19.7 Å². The molecule has 9 heteroatoms. The highest BCUT2D eigenvalue weighted by Gasteiger charge is 2.35. The van der Waals surface area contributed by atoms with E-state index in [1.807, 2.05) is 6.07 Å². The number of nitrogens with zero attached hydrogens (tertiary/aromatic N) is 2. The topological polar surface area (TPSA) is 101 Å². The van der Waals surface area contributed by atoms with E-state index < -0.39 is 17.9 Å². The van der Waals surface area contributed by atoms with Gasteiger partial charge in [0.15, 0.2) is 5.69 Å². The smallest absolute Gasteiger partial charge is 0.354 e. The Labute approximate surface area is 176 Å². The number of carboxylic acid groups (broad SMARTS) is 1. The highest BCUT2D eigenvalue weighted by atomic mass is 35.5. The van der Waals surface area contributed by atoms with Crippen molar-refractivity contribution in [1.29, 1.82) is 0 Å². The second-order valence-corrected chi connectivity index (χ2v) is 7.25. The lowest BCUT2D eigenvalue weighted by Crippen LogP contribution is -2.50. The lowest BCUT2D eigenvalue weighted by molar-refractivity contribution is -0.118. The zero-order chi connectivity index (χ0) is 21.4. The molecule has 1 aromatic heterocycles. The molecule has 30 heavy (non-hydrogen) atoms. The van der Waals surface area contributed by atoms with Gasteiger partial charge in [-0.2, -0.15) is 0 Å². The summed E-state index contributed by atoms with van der Waals surface area (Å²) in [5.74, 6) is -1.09. The normalized spacial score (nSPS) is 14.1. The third-order valence-corrected chi connectivity index (χ3v) is 5.20. The number of carbonyl (C=O) groups is 3. The summed E-state index contributed by atoms with van der Waals surface area (Å²) in [4.78, 5) is 38.3. The van der Waals surface area contributed by atoms with E-state index >= 15 is 0 Å². The number of methoxy groups -OCH3 is 1. The molecule has 0 bridgehead atoms. The summed E-state index contributed by atoms with van der Waals surface area (Å²) >= 11 is 6.17. The van der Waals surface area contributed by atoms with Crippen molar-refractivity contribution in [2.75, 3.05) is 18.6 Å². The van der Waals surface area contributed by atoms with Crippen molar-refractivity contribution in [3.05, 3.63) is 58.7 Å². The lowest BCUT2D eigenvalue weighted by atomic mass is 10.1. The van der Waals surface area contributed by atoms with Gasteiger partial charge in [-0.05, 0) is 35.9 Å². The SMILES string of the molecule is COc1cccc(Cn2c(C(=O)O)c(N3C(=O)CCNC3=O)c3cc(Cl)ccc32)c1. The second-order valence-electron chi connectivity index (χ2n) is 6.81. The number of anilines is 1. The van der Waals surface area contributed by atoms with Crippen LogP contribution in [0.2, 0.25) is 5.02 Å². The maximum atomic E-state index is 12.6. The van der Waals surface area contributed by atoms with Crippen molar-refractivity contribution < 1.29 is 24.2 Å². The number of imide groups is 1. The van der Waals surface area contributed by atoms with Crippen LogP contribution in [0.5, 0.6) is 5.75 Å². The van der Waals surface area contributed by atoms with Crippen LogP contribution in [0, 0.1) is 0 Å². The number of rotatable bonds is 5. The van der Waals surface area contributed by atoms with E-state index in [1.165, 1.54) is 0 Å². The maximum absolute atomic E-state index is 12.6. The first-order valence-corrected chi connectivity index (χ1v) is 9.57. The van der Waals surface area contributed by atoms with Crippen LogP contribution in [0.15, 0.2) is 42.5 Å². The molecule has 1 aliphatic heterocycles. The standard InChI is InChI=1S/C21H18ClN3O5/c1-30-14-4-2-3-12(9-14)11-24-16-6-5-13(22)10-15(16)18(19(24)20(27)28)25-17(26)7-8-23-21(25)29/h2-6,9-10H,7-8,11H2,1H3,(H,23,29)(H,27,28). The number of aromatic nitrogens is 1. The molecule has 0 saturated carbocycles. The number of carbonyl (C=O) groups excluding carboxylic acids is 2. The third-order valence-electron chi connectivity index (χ3n) is 4.97. The van der Waals surface area contributed by atoms with Gasteiger partial charge in [0, 0.05) is 29.9 Å². The van der Waals surface area contributed by atoms with Crippen LogP contribution >= 0.6 is 11.6 Å². The summed E-state index contributed by atoms with van der Waals surface area (Å²) in [5, 5.41) is 13.4. The van der Waals surface area contributed by atoms with Gasteiger partial charge in [-0.25, -0.2) is 14.5 Å². The summed E-state index contributed by atoms with van der Waals surface area (Å²) < 4.78 is 6.82. The maximum Gasteiger partial charge on any atom is 0.354 e. The van der Waals surface area contributed by atoms with Crippen LogP contribution in [-0.2, 0) is 11.3 Å². The molecule has 1 aliphatic rings. The first kappa shape index (κ1) is 19.8. The number of amides is 3. The minimum Gasteiger partial charge on any atom is -0.497 e. The molecule has 0 radical (unpaired) electrons. The Balaban J connectivity index is 1.98. The molecule has 0 aliphatic carbocycles. The van der Waals surface area contributed by atoms with Crippen molar-refractivity contribution in [3.8, 4) is 5.75 Å². The first-order valence-electron chi connectivity index (χ1n) is 9.19. The molecular weight excluding hydrogens is 410 g/mol. The van der Waals surface area contributed by atoms with Crippen LogP contribution in [0.4, 0.5) is 10.5 Å². The number of carboxylic acids is 1. The Morgan fingerprint density at radius 3 is 2.73 bits per heavy atom. The zero-order valence-electron chi connectivity index (χ0n) is 16.0. The van der Waals surface area contributed by atoms with Crippen LogP contribution in [0.25, 0.3) is 10.9 Å². The van der Waals surface area contributed by atoms with E-state index in [-0.39, 0.29) is 30.9 Å². The molecule has 1 fully saturated rings. The Bertz CT molecular complexity index is 1170. The quantitative estimate of drug-likeness (QED) is 0.649. The largest absolute Gasteiger partial charge is 0.497 e. The number of benzene rings is 2. The Kier molecular flexibility index (Phi) is 5.09. The Morgan fingerprint density at radius 2 is 2.03 bits per heavy atom. The number of hydrogen-bond donors (Lipinski definition) is 2. The molecule has 154 valence electrons. The van der Waals surface area contributed by atoms with Gasteiger partial charge in [-0.15, -0.1) is 0 Å². The summed E-state index contributed by atoms with van der Waals surface area (Å²) in [6.45, 7) is 0.403.